The van der Waals surface area contributed by atoms with E-state index in [4.69, 9.17) is 5.73 Å². The number of carbonyl (C=O) groups excluding carboxylic acids is 1. The second-order valence-corrected chi connectivity index (χ2v) is 5.96. The number of halogens is 2. The van der Waals surface area contributed by atoms with Crippen LogP contribution in [0.4, 0.5) is 4.39 Å². The Kier molecular flexibility index (Phi) is 4.58. The third-order valence-electron chi connectivity index (χ3n) is 3.78. The van der Waals surface area contributed by atoms with Gasteiger partial charge < -0.3 is 10.6 Å². The van der Waals surface area contributed by atoms with Crippen molar-refractivity contribution in [1.82, 2.24) is 4.90 Å². The van der Waals surface area contributed by atoms with E-state index >= 15 is 0 Å². The van der Waals surface area contributed by atoms with Crippen molar-refractivity contribution in [3.8, 4) is 0 Å². The van der Waals surface area contributed by atoms with E-state index in [0.717, 1.165) is 12.8 Å². The van der Waals surface area contributed by atoms with Gasteiger partial charge in [-0.1, -0.05) is 22.9 Å². The maximum absolute atomic E-state index is 13.9. The van der Waals surface area contributed by atoms with E-state index < -0.39 is 5.82 Å². The standard InChI is InChI=1S/C14H18BrFN2O/c1-9-3-2-6-18(13(9)8-17)14(19)11-5-4-10(15)7-12(11)16/h4-5,7,9,13H,2-3,6,8,17H2,1H3. The minimum atomic E-state index is -0.492. The van der Waals surface area contributed by atoms with Crippen LogP contribution in [0.1, 0.15) is 30.1 Å². The van der Waals surface area contributed by atoms with Crippen molar-refractivity contribution in [3.63, 3.8) is 0 Å². The van der Waals surface area contributed by atoms with Gasteiger partial charge in [0.05, 0.1) is 5.56 Å². The molecule has 3 nitrogen and oxygen atoms in total. The van der Waals surface area contributed by atoms with Crippen LogP contribution in [0, 0.1) is 11.7 Å². The first-order chi connectivity index (χ1) is 9.04. The first-order valence-corrected chi connectivity index (χ1v) is 7.30. The number of carbonyl (C=O) groups is 1. The minimum Gasteiger partial charge on any atom is -0.334 e. The number of likely N-dealkylation sites (tertiary alicyclic amines) is 1. The fourth-order valence-corrected chi connectivity index (χ4v) is 3.01. The second-order valence-electron chi connectivity index (χ2n) is 5.05. The smallest absolute Gasteiger partial charge is 0.257 e. The van der Waals surface area contributed by atoms with Crippen LogP contribution >= 0.6 is 15.9 Å². The monoisotopic (exact) mass is 328 g/mol. The van der Waals surface area contributed by atoms with E-state index in [0.29, 0.717) is 23.5 Å². The van der Waals surface area contributed by atoms with Gasteiger partial charge in [0.1, 0.15) is 5.82 Å². The third-order valence-corrected chi connectivity index (χ3v) is 4.27. The molecule has 1 aliphatic rings. The van der Waals surface area contributed by atoms with Crippen molar-refractivity contribution >= 4 is 21.8 Å². The number of nitrogens with zero attached hydrogens (tertiary/aromatic N) is 1. The first kappa shape index (κ1) is 14.5. The zero-order valence-corrected chi connectivity index (χ0v) is 12.5. The van der Waals surface area contributed by atoms with Crippen molar-refractivity contribution in [2.24, 2.45) is 11.7 Å². The first-order valence-electron chi connectivity index (χ1n) is 6.50. The highest BCUT2D eigenvalue weighted by molar-refractivity contribution is 9.10. The van der Waals surface area contributed by atoms with E-state index in [1.54, 1.807) is 11.0 Å². The molecule has 1 amide bonds. The van der Waals surface area contributed by atoms with Gasteiger partial charge in [0, 0.05) is 23.6 Å². The predicted octanol–water partition coefficient (Wildman–Crippen LogP) is 2.79. The highest BCUT2D eigenvalue weighted by atomic mass is 79.9. The average Bonchev–Trinajstić information content (AvgIpc) is 2.37. The van der Waals surface area contributed by atoms with Gasteiger partial charge in [0.2, 0.25) is 0 Å². The van der Waals surface area contributed by atoms with E-state index in [1.807, 2.05) is 0 Å². The Labute approximate surface area is 121 Å². The van der Waals surface area contributed by atoms with Crippen molar-refractivity contribution in [2.75, 3.05) is 13.1 Å². The van der Waals surface area contributed by atoms with Crippen LogP contribution in [0.2, 0.25) is 0 Å². The molecule has 1 aromatic rings. The number of rotatable bonds is 2. The Morgan fingerprint density at radius 1 is 1.58 bits per heavy atom. The molecule has 1 fully saturated rings. The van der Waals surface area contributed by atoms with Gasteiger partial charge >= 0.3 is 0 Å². The lowest BCUT2D eigenvalue weighted by atomic mass is 9.90. The van der Waals surface area contributed by atoms with Crippen LogP contribution < -0.4 is 5.73 Å². The summed E-state index contributed by atoms with van der Waals surface area (Å²) in [6, 6.07) is 4.53. The maximum atomic E-state index is 13.9. The van der Waals surface area contributed by atoms with Crippen LogP contribution in [0.3, 0.4) is 0 Å². The largest absolute Gasteiger partial charge is 0.334 e. The van der Waals surface area contributed by atoms with Gasteiger partial charge in [0.25, 0.3) is 5.91 Å². The number of nitrogens with two attached hydrogens (primary N) is 1. The lowest BCUT2D eigenvalue weighted by molar-refractivity contribution is 0.0528. The summed E-state index contributed by atoms with van der Waals surface area (Å²) in [5, 5.41) is 0. The van der Waals surface area contributed by atoms with Crippen molar-refractivity contribution in [1.29, 1.82) is 0 Å². The fourth-order valence-electron chi connectivity index (χ4n) is 2.68. The lowest BCUT2D eigenvalue weighted by Gasteiger charge is -2.39. The number of hydrogen-bond acceptors (Lipinski definition) is 2. The Balaban J connectivity index is 2.27. The maximum Gasteiger partial charge on any atom is 0.257 e. The van der Waals surface area contributed by atoms with E-state index in [-0.39, 0.29) is 17.5 Å². The Morgan fingerprint density at radius 2 is 2.32 bits per heavy atom. The van der Waals surface area contributed by atoms with E-state index in [2.05, 4.69) is 22.9 Å². The molecule has 5 heteroatoms. The van der Waals surface area contributed by atoms with E-state index in [9.17, 15) is 9.18 Å². The van der Waals surface area contributed by atoms with Gasteiger partial charge in [0.15, 0.2) is 0 Å². The van der Waals surface area contributed by atoms with Crippen LogP contribution in [0.15, 0.2) is 22.7 Å². The van der Waals surface area contributed by atoms with Crippen molar-refractivity contribution in [3.05, 3.63) is 34.1 Å². The number of benzene rings is 1. The Morgan fingerprint density at radius 3 is 2.95 bits per heavy atom. The van der Waals surface area contributed by atoms with Crippen LogP contribution in [-0.4, -0.2) is 29.9 Å². The van der Waals surface area contributed by atoms with Crippen molar-refractivity contribution in [2.45, 2.75) is 25.8 Å². The summed E-state index contributed by atoms with van der Waals surface area (Å²) in [5.41, 5.74) is 5.89. The molecule has 19 heavy (non-hydrogen) atoms. The Bertz CT molecular complexity index is 481. The summed E-state index contributed by atoms with van der Waals surface area (Å²) in [7, 11) is 0. The molecular formula is C14H18BrFN2O. The van der Waals surface area contributed by atoms with Crippen molar-refractivity contribution < 1.29 is 9.18 Å². The molecule has 2 N–H and O–H groups in total. The molecule has 0 aliphatic carbocycles. The summed E-state index contributed by atoms with van der Waals surface area (Å²) in [6.07, 6.45) is 2.01. The summed E-state index contributed by atoms with van der Waals surface area (Å²) < 4.78 is 14.5. The topological polar surface area (TPSA) is 46.3 Å². The predicted molar refractivity (Wildman–Crippen MR) is 76.4 cm³/mol. The molecule has 1 saturated heterocycles. The molecular weight excluding hydrogens is 311 g/mol. The Hall–Kier alpha value is -0.940. The zero-order chi connectivity index (χ0) is 14.0. The van der Waals surface area contributed by atoms with Gasteiger partial charge in [-0.2, -0.15) is 0 Å². The van der Waals surface area contributed by atoms with E-state index in [1.165, 1.54) is 12.1 Å². The van der Waals surface area contributed by atoms with Gasteiger partial charge in [-0.25, -0.2) is 4.39 Å². The molecule has 1 heterocycles. The molecule has 0 spiro atoms. The van der Waals surface area contributed by atoms with Crippen LogP contribution in [0.5, 0.6) is 0 Å². The SMILES string of the molecule is CC1CCCN(C(=O)c2ccc(Br)cc2F)C1CN. The number of amides is 1. The molecule has 2 atom stereocenters. The van der Waals surface area contributed by atoms with Gasteiger partial charge in [-0.3, -0.25) is 4.79 Å². The molecule has 0 radical (unpaired) electrons. The minimum absolute atomic E-state index is 0.00398. The fraction of sp³-hybridized carbons (Fsp3) is 0.500. The molecule has 1 aliphatic heterocycles. The molecule has 0 saturated carbocycles. The summed E-state index contributed by atoms with van der Waals surface area (Å²) in [6.45, 7) is 3.17. The van der Waals surface area contributed by atoms with Gasteiger partial charge in [-0.05, 0) is 37.0 Å². The number of piperidine rings is 1. The molecule has 1 aromatic carbocycles. The normalized spacial score (nSPS) is 23.5. The summed E-state index contributed by atoms with van der Waals surface area (Å²) >= 11 is 3.19. The summed E-state index contributed by atoms with van der Waals surface area (Å²) in [5.74, 6) is -0.387. The lowest BCUT2D eigenvalue weighted by Crippen LogP contribution is -2.51. The van der Waals surface area contributed by atoms with Crippen LogP contribution in [-0.2, 0) is 0 Å². The molecule has 2 unspecified atom stereocenters. The summed E-state index contributed by atoms with van der Waals surface area (Å²) in [4.78, 5) is 14.2. The zero-order valence-electron chi connectivity index (χ0n) is 10.9. The second kappa shape index (κ2) is 6.01. The highest BCUT2D eigenvalue weighted by Crippen LogP contribution is 2.25. The quantitative estimate of drug-likeness (QED) is 0.907. The molecule has 0 bridgehead atoms. The molecule has 104 valence electrons. The van der Waals surface area contributed by atoms with Gasteiger partial charge in [-0.15, -0.1) is 0 Å². The van der Waals surface area contributed by atoms with Crippen LogP contribution in [0.25, 0.3) is 0 Å². The number of hydrogen-bond donors (Lipinski definition) is 1. The molecule has 2 rings (SSSR count). The average molecular weight is 329 g/mol. The molecule has 0 aromatic heterocycles. The third kappa shape index (κ3) is 2.98. The highest BCUT2D eigenvalue weighted by Gasteiger charge is 2.32.